The number of rotatable bonds is 3. The number of nitrogens with one attached hydrogen (secondary N) is 1. The number of hydrogen-bond donors (Lipinski definition) is 1. The number of para-hydroxylation sites is 2. The van der Waals surface area contributed by atoms with Gasteiger partial charge in [0.1, 0.15) is 5.58 Å². The number of carbonyl (C=O) groups excluding carboxylic acids is 1. The van der Waals surface area contributed by atoms with Gasteiger partial charge in [-0.2, -0.15) is 0 Å². The van der Waals surface area contributed by atoms with Gasteiger partial charge < -0.3 is 9.73 Å². The number of amides is 1. The van der Waals surface area contributed by atoms with Crippen LogP contribution in [0.1, 0.15) is 10.4 Å². The van der Waals surface area contributed by atoms with Gasteiger partial charge in [0, 0.05) is 26.5 Å². The summed E-state index contributed by atoms with van der Waals surface area (Å²) in [6.07, 6.45) is 1.69. The van der Waals surface area contributed by atoms with Gasteiger partial charge in [-0.1, -0.05) is 57.9 Å². The fraction of sp³-hybridized carbons (Fsp3) is 0. The Morgan fingerprint density at radius 1 is 0.923 bits per heavy atom. The van der Waals surface area contributed by atoms with Crippen molar-refractivity contribution in [1.29, 1.82) is 0 Å². The molecular weight excluding hydrogens is 414 g/mol. The number of halogens is 2. The van der Waals surface area contributed by atoms with E-state index in [0.717, 1.165) is 26.6 Å². The summed E-state index contributed by atoms with van der Waals surface area (Å²) >= 11 is 9.77. The summed E-state index contributed by atoms with van der Waals surface area (Å²) < 4.78 is 6.55. The van der Waals surface area contributed by atoms with Crippen molar-refractivity contribution in [1.82, 2.24) is 0 Å². The second-order valence-electron chi connectivity index (χ2n) is 5.77. The van der Waals surface area contributed by atoms with E-state index in [4.69, 9.17) is 16.0 Å². The molecule has 4 aromatic rings. The molecule has 0 saturated heterocycles. The third-order valence-corrected chi connectivity index (χ3v) is 4.97. The fourth-order valence-electron chi connectivity index (χ4n) is 2.85. The highest BCUT2D eigenvalue weighted by molar-refractivity contribution is 9.10. The monoisotopic (exact) mass is 425 g/mol. The predicted molar refractivity (Wildman–Crippen MR) is 109 cm³/mol. The molecule has 0 bridgehead atoms. The van der Waals surface area contributed by atoms with E-state index in [1.165, 1.54) is 0 Å². The zero-order valence-electron chi connectivity index (χ0n) is 13.5. The van der Waals surface area contributed by atoms with Crippen LogP contribution in [-0.4, -0.2) is 5.91 Å². The molecule has 0 saturated carbocycles. The summed E-state index contributed by atoms with van der Waals surface area (Å²) in [5, 5.41) is 4.38. The predicted octanol–water partition coefficient (Wildman–Crippen LogP) is 6.77. The van der Waals surface area contributed by atoms with Gasteiger partial charge >= 0.3 is 0 Å². The molecule has 1 amide bonds. The highest BCUT2D eigenvalue weighted by atomic mass is 79.9. The van der Waals surface area contributed by atoms with Crippen LogP contribution in [-0.2, 0) is 0 Å². The molecule has 1 N–H and O–H groups in total. The van der Waals surface area contributed by atoms with Crippen LogP contribution in [0.5, 0.6) is 0 Å². The summed E-state index contributed by atoms with van der Waals surface area (Å²) in [7, 11) is 0. The molecule has 3 aromatic carbocycles. The largest absolute Gasteiger partial charge is 0.464 e. The molecule has 0 radical (unpaired) electrons. The standard InChI is InChI=1S/C21H13BrClNO2/c22-14-10-8-13(9-11-14)21(25)24-20-16(5-3-6-18(20)23)17-12-26-19-7-2-1-4-15(17)19/h1-12H,(H,24,25). The van der Waals surface area contributed by atoms with Crippen molar-refractivity contribution in [2.24, 2.45) is 0 Å². The van der Waals surface area contributed by atoms with Gasteiger partial charge in [0.15, 0.2) is 0 Å². The lowest BCUT2D eigenvalue weighted by Crippen LogP contribution is -2.12. The van der Waals surface area contributed by atoms with Crippen molar-refractivity contribution >= 4 is 50.1 Å². The highest BCUT2D eigenvalue weighted by Gasteiger charge is 2.16. The lowest BCUT2D eigenvalue weighted by molar-refractivity contribution is 0.102. The Morgan fingerprint density at radius 3 is 2.50 bits per heavy atom. The van der Waals surface area contributed by atoms with Gasteiger partial charge in [-0.05, 0) is 36.4 Å². The smallest absolute Gasteiger partial charge is 0.255 e. The van der Waals surface area contributed by atoms with Crippen LogP contribution in [0, 0.1) is 0 Å². The molecule has 3 nitrogen and oxygen atoms in total. The number of anilines is 1. The Labute approximate surface area is 163 Å². The van der Waals surface area contributed by atoms with Crippen molar-refractivity contribution in [2.75, 3.05) is 5.32 Å². The first-order chi connectivity index (χ1) is 12.6. The molecule has 1 aromatic heterocycles. The molecule has 0 atom stereocenters. The van der Waals surface area contributed by atoms with Crippen molar-refractivity contribution in [2.45, 2.75) is 0 Å². The van der Waals surface area contributed by atoms with Gasteiger partial charge in [0.2, 0.25) is 0 Å². The fourth-order valence-corrected chi connectivity index (χ4v) is 3.34. The zero-order valence-corrected chi connectivity index (χ0v) is 15.8. The maximum absolute atomic E-state index is 12.7. The van der Waals surface area contributed by atoms with E-state index >= 15 is 0 Å². The normalized spacial score (nSPS) is 10.8. The third kappa shape index (κ3) is 3.14. The first-order valence-electron chi connectivity index (χ1n) is 7.95. The lowest BCUT2D eigenvalue weighted by Gasteiger charge is -2.12. The minimum Gasteiger partial charge on any atom is -0.464 e. The van der Waals surface area contributed by atoms with E-state index < -0.39 is 0 Å². The average molecular weight is 427 g/mol. The van der Waals surface area contributed by atoms with Crippen LogP contribution >= 0.6 is 27.5 Å². The molecule has 0 spiro atoms. The molecule has 0 aliphatic heterocycles. The number of benzene rings is 3. The number of furan rings is 1. The second kappa shape index (κ2) is 6.98. The van der Waals surface area contributed by atoms with E-state index in [1.807, 2.05) is 48.5 Å². The Balaban J connectivity index is 1.77. The lowest BCUT2D eigenvalue weighted by atomic mass is 10.0. The molecule has 26 heavy (non-hydrogen) atoms. The number of fused-ring (bicyclic) bond motifs is 1. The van der Waals surface area contributed by atoms with Gasteiger partial charge in [0.25, 0.3) is 5.91 Å². The van der Waals surface area contributed by atoms with Crippen molar-refractivity contribution in [3.63, 3.8) is 0 Å². The highest BCUT2D eigenvalue weighted by Crippen LogP contribution is 2.38. The van der Waals surface area contributed by atoms with Crippen LogP contribution in [0.15, 0.2) is 81.9 Å². The molecule has 0 aliphatic rings. The maximum Gasteiger partial charge on any atom is 0.255 e. The topological polar surface area (TPSA) is 42.2 Å². The van der Waals surface area contributed by atoms with E-state index in [2.05, 4.69) is 21.2 Å². The molecular formula is C21H13BrClNO2. The number of carbonyl (C=O) groups is 1. The van der Waals surface area contributed by atoms with E-state index in [-0.39, 0.29) is 5.91 Å². The zero-order chi connectivity index (χ0) is 18.1. The maximum atomic E-state index is 12.7. The molecule has 128 valence electrons. The third-order valence-electron chi connectivity index (χ3n) is 4.13. The summed E-state index contributed by atoms with van der Waals surface area (Å²) in [6.45, 7) is 0. The Hall–Kier alpha value is -2.56. The molecule has 4 rings (SSSR count). The van der Waals surface area contributed by atoms with Gasteiger partial charge in [-0.25, -0.2) is 0 Å². The average Bonchev–Trinajstić information content (AvgIpc) is 3.08. The van der Waals surface area contributed by atoms with Crippen molar-refractivity contribution in [3.8, 4) is 11.1 Å². The molecule has 0 fully saturated rings. The van der Waals surface area contributed by atoms with Crippen LogP contribution < -0.4 is 5.32 Å². The van der Waals surface area contributed by atoms with Crippen molar-refractivity contribution < 1.29 is 9.21 Å². The van der Waals surface area contributed by atoms with Crippen LogP contribution in [0.25, 0.3) is 22.1 Å². The molecule has 0 aliphatic carbocycles. The van der Waals surface area contributed by atoms with Gasteiger partial charge in [-0.15, -0.1) is 0 Å². The van der Waals surface area contributed by atoms with E-state index in [9.17, 15) is 4.79 Å². The summed E-state index contributed by atoms with van der Waals surface area (Å²) in [6, 6.07) is 20.4. The Kier molecular flexibility index (Phi) is 4.53. The number of hydrogen-bond acceptors (Lipinski definition) is 2. The van der Waals surface area contributed by atoms with E-state index in [0.29, 0.717) is 16.3 Å². The van der Waals surface area contributed by atoms with E-state index in [1.54, 1.807) is 24.5 Å². The second-order valence-corrected chi connectivity index (χ2v) is 7.09. The van der Waals surface area contributed by atoms with Gasteiger partial charge in [-0.3, -0.25) is 4.79 Å². The molecule has 1 heterocycles. The van der Waals surface area contributed by atoms with Crippen molar-refractivity contribution in [3.05, 3.63) is 88.1 Å². The minimum absolute atomic E-state index is 0.223. The summed E-state index contributed by atoms with van der Waals surface area (Å²) in [4.78, 5) is 12.7. The molecule has 0 unspecified atom stereocenters. The first-order valence-corrected chi connectivity index (χ1v) is 9.12. The van der Waals surface area contributed by atoms with Crippen LogP contribution in [0.3, 0.4) is 0 Å². The minimum atomic E-state index is -0.223. The first kappa shape index (κ1) is 16.9. The van der Waals surface area contributed by atoms with Crippen LogP contribution in [0.2, 0.25) is 5.02 Å². The molecule has 5 heteroatoms. The SMILES string of the molecule is O=C(Nc1c(Cl)cccc1-c1coc2ccccc12)c1ccc(Br)cc1. The van der Waals surface area contributed by atoms with Crippen LogP contribution in [0.4, 0.5) is 5.69 Å². The summed E-state index contributed by atoms with van der Waals surface area (Å²) in [5.74, 6) is -0.223. The summed E-state index contributed by atoms with van der Waals surface area (Å²) in [5.41, 5.74) is 3.60. The van der Waals surface area contributed by atoms with Gasteiger partial charge in [0.05, 0.1) is 17.0 Å². The quantitative estimate of drug-likeness (QED) is 0.393. The Bertz CT molecular complexity index is 1100. The Morgan fingerprint density at radius 2 is 1.69 bits per heavy atom.